The van der Waals surface area contributed by atoms with Gasteiger partial charge in [0.2, 0.25) is 0 Å². The van der Waals surface area contributed by atoms with Gasteiger partial charge in [-0.25, -0.2) is 0 Å². The molecule has 0 heterocycles. The molecule has 0 spiro atoms. The second kappa shape index (κ2) is 7.58. The van der Waals surface area contributed by atoms with E-state index in [1.807, 2.05) is 6.92 Å². The van der Waals surface area contributed by atoms with Crippen LogP contribution < -0.4 is 0 Å². The summed E-state index contributed by atoms with van der Waals surface area (Å²) in [5.41, 5.74) is 8.19. The largest absolute Gasteiger partial charge is 0.379 e. The molecule has 0 aliphatic rings. The number of nitrogens with zero attached hydrogens (tertiary/aromatic N) is 3. The van der Waals surface area contributed by atoms with Gasteiger partial charge in [-0.15, -0.1) is 0 Å². The summed E-state index contributed by atoms with van der Waals surface area (Å²) in [4.78, 5) is 2.67. The zero-order valence-electron chi connectivity index (χ0n) is 9.01. The van der Waals surface area contributed by atoms with E-state index in [4.69, 9.17) is 19.7 Å². The van der Waals surface area contributed by atoms with Crippen LogP contribution in [-0.4, -0.2) is 46.2 Å². The maximum atomic E-state index is 8.19. The van der Waals surface area contributed by atoms with Crippen LogP contribution in [0.4, 0.5) is 0 Å². The van der Waals surface area contributed by atoms with E-state index in [1.165, 1.54) is 0 Å². The van der Waals surface area contributed by atoms with Crippen LogP contribution in [0.2, 0.25) is 0 Å². The summed E-state index contributed by atoms with van der Waals surface area (Å²) in [6.07, 6.45) is -0.639. The highest BCUT2D eigenvalue weighted by Crippen LogP contribution is 2.10. The summed E-state index contributed by atoms with van der Waals surface area (Å²) in [7, 11) is 4.71. The molecule has 0 aromatic carbocycles. The molecule has 0 aliphatic heterocycles. The maximum Gasteiger partial charge on any atom is 0.109 e. The Balaban J connectivity index is 4.34. The number of azide groups is 1. The fraction of sp³-hybridized carbons (Fsp3) is 1.00. The van der Waals surface area contributed by atoms with Gasteiger partial charge in [0, 0.05) is 26.2 Å². The summed E-state index contributed by atoms with van der Waals surface area (Å²) in [6.45, 7) is 2.11. The van der Waals surface area contributed by atoms with Crippen LogP contribution in [0.25, 0.3) is 10.4 Å². The van der Waals surface area contributed by atoms with Crippen LogP contribution in [0.5, 0.6) is 0 Å². The summed E-state index contributed by atoms with van der Waals surface area (Å²) < 4.78 is 15.5. The second-order valence-corrected chi connectivity index (χ2v) is 2.83. The third kappa shape index (κ3) is 3.93. The lowest BCUT2D eigenvalue weighted by Crippen LogP contribution is -2.41. The summed E-state index contributed by atoms with van der Waals surface area (Å²) in [5, 5.41) is 3.45. The third-order valence-electron chi connectivity index (χ3n) is 2.10. The molecule has 0 saturated heterocycles. The molecule has 0 saturated carbocycles. The average Bonchev–Trinajstić information content (AvgIpc) is 2.23. The average molecular weight is 203 g/mol. The van der Waals surface area contributed by atoms with Crippen LogP contribution in [-0.2, 0) is 14.2 Å². The van der Waals surface area contributed by atoms with Gasteiger partial charge in [0.1, 0.15) is 6.10 Å². The molecule has 0 aliphatic carbocycles. The van der Waals surface area contributed by atoms with Gasteiger partial charge in [-0.2, -0.15) is 0 Å². The molecule has 0 aromatic rings. The maximum absolute atomic E-state index is 8.19. The van der Waals surface area contributed by atoms with E-state index in [1.54, 1.807) is 21.3 Å². The Bertz CT molecular complexity index is 194. The first-order valence-corrected chi connectivity index (χ1v) is 4.30. The van der Waals surface area contributed by atoms with Crippen LogP contribution in [0.1, 0.15) is 6.92 Å². The Kier molecular flexibility index (Phi) is 7.14. The Morgan fingerprint density at radius 2 is 1.86 bits per heavy atom. The summed E-state index contributed by atoms with van der Waals surface area (Å²) in [5.74, 6) is 0. The molecule has 0 bridgehead atoms. The molecule has 0 rings (SSSR count). The van der Waals surface area contributed by atoms with Crippen molar-refractivity contribution in [3.8, 4) is 0 Å². The minimum Gasteiger partial charge on any atom is -0.379 e. The number of hydrogen-bond acceptors (Lipinski definition) is 4. The van der Waals surface area contributed by atoms with Crippen molar-refractivity contribution in [3.63, 3.8) is 0 Å². The van der Waals surface area contributed by atoms with Crippen LogP contribution in [0, 0.1) is 0 Å². The minimum absolute atomic E-state index is 0.112. The number of ether oxygens (including phenoxy) is 3. The van der Waals surface area contributed by atoms with E-state index < -0.39 is 0 Å². The fourth-order valence-electron chi connectivity index (χ4n) is 1.21. The molecular weight excluding hydrogens is 186 g/mol. The van der Waals surface area contributed by atoms with E-state index in [2.05, 4.69) is 10.0 Å². The topological polar surface area (TPSA) is 76.5 Å². The van der Waals surface area contributed by atoms with Crippen molar-refractivity contribution in [3.05, 3.63) is 10.4 Å². The van der Waals surface area contributed by atoms with Crippen molar-refractivity contribution in [1.82, 2.24) is 0 Å². The summed E-state index contributed by atoms with van der Waals surface area (Å²) >= 11 is 0. The van der Waals surface area contributed by atoms with Crippen molar-refractivity contribution in [2.24, 2.45) is 5.11 Å². The number of methoxy groups -OCH3 is 3. The summed E-state index contributed by atoms with van der Waals surface area (Å²) in [6, 6.07) is 0. The lowest BCUT2D eigenvalue weighted by atomic mass is 10.1. The first kappa shape index (κ1) is 13.2. The Morgan fingerprint density at radius 1 is 1.21 bits per heavy atom. The van der Waals surface area contributed by atoms with Crippen LogP contribution >= 0.6 is 0 Å². The molecule has 6 nitrogen and oxygen atoms in total. The molecule has 3 atom stereocenters. The third-order valence-corrected chi connectivity index (χ3v) is 2.10. The van der Waals surface area contributed by atoms with Crippen molar-refractivity contribution >= 4 is 0 Å². The standard InChI is InChI=1S/C8H17N3O3/c1-6(12-2)8(14-4)7(13-3)5-10-11-9/h6-8H,5H2,1-4H3/t6-,7-,8-/m0/s1. The zero-order chi connectivity index (χ0) is 11.0. The van der Waals surface area contributed by atoms with E-state index in [-0.39, 0.29) is 24.9 Å². The molecule has 0 N–H and O–H groups in total. The Hall–Kier alpha value is -0.810. The van der Waals surface area contributed by atoms with Crippen molar-refractivity contribution in [2.45, 2.75) is 25.2 Å². The molecule has 0 aromatic heterocycles. The molecule has 0 amide bonds. The predicted molar refractivity (Wildman–Crippen MR) is 52.1 cm³/mol. The van der Waals surface area contributed by atoms with Gasteiger partial charge >= 0.3 is 0 Å². The number of rotatable bonds is 7. The minimum atomic E-state index is -0.286. The van der Waals surface area contributed by atoms with E-state index in [9.17, 15) is 0 Å². The first-order valence-electron chi connectivity index (χ1n) is 4.30. The monoisotopic (exact) mass is 203 g/mol. The predicted octanol–water partition coefficient (Wildman–Crippen LogP) is 1.36. The van der Waals surface area contributed by atoms with Gasteiger partial charge < -0.3 is 14.2 Å². The second-order valence-electron chi connectivity index (χ2n) is 2.83. The lowest BCUT2D eigenvalue weighted by Gasteiger charge is -2.27. The van der Waals surface area contributed by atoms with Gasteiger partial charge in [-0.3, -0.25) is 0 Å². The van der Waals surface area contributed by atoms with Crippen molar-refractivity contribution in [2.75, 3.05) is 27.9 Å². The molecular formula is C8H17N3O3. The fourth-order valence-corrected chi connectivity index (χ4v) is 1.21. The molecule has 82 valence electrons. The molecule has 0 fully saturated rings. The van der Waals surface area contributed by atoms with Gasteiger partial charge in [0.15, 0.2) is 0 Å². The quantitative estimate of drug-likeness (QED) is 0.356. The zero-order valence-corrected chi connectivity index (χ0v) is 9.01. The van der Waals surface area contributed by atoms with Crippen LogP contribution in [0.3, 0.4) is 0 Å². The molecule has 6 heteroatoms. The van der Waals surface area contributed by atoms with E-state index in [0.29, 0.717) is 0 Å². The normalized spacial score (nSPS) is 16.9. The molecule has 0 radical (unpaired) electrons. The Morgan fingerprint density at radius 3 is 2.21 bits per heavy atom. The highest BCUT2D eigenvalue weighted by atomic mass is 16.6. The van der Waals surface area contributed by atoms with E-state index in [0.717, 1.165) is 0 Å². The van der Waals surface area contributed by atoms with Crippen molar-refractivity contribution in [1.29, 1.82) is 0 Å². The number of hydrogen-bond donors (Lipinski definition) is 0. The van der Waals surface area contributed by atoms with Gasteiger partial charge in [-0.1, -0.05) is 5.11 Å². The first-order chi connectivity index (χ1) is 6.71. The lowest BCUT2D eigenvalue weighted by molar-refractivity contribution is -0.0969. The van der Waals surface area contributed by atoms with Crippen molar-refractivity contribution < 1.29 is 14.2 Å². The van der Waals surface area contributed by atoms with Gasteiger partial charge in [0.25, 0.3) is 0 Å². The van der Waals surface area contributed by atoms with Gasteiger partial charge in [0.05, 0.1) is 18.8 Å². The molecule has 14 heavy (non-hydrogen) atoms. The van der Waals surface area contributed by atoms with Gasteiger partial charge in [-0.05, 0) is 12.5 Å². The van der Waals surface area contributed by atoms with Crippen LogP contribution in [0.15, 0.2) is 5.11 Å². The van der Waals surface area contributed by atoms with E-state index >= 15 is 0 Å². The highest BCUT2D eigenvalue weighted by molar-refractivity contribution is 4.78. The smallest absolute Gasteiger partial charge is 0.109 e. The highest BCUT2D eigenvalue weighted by Gasteiger charge is 2.26. The Labute approximate surface area is 83.8 Å². The SMILES string of the molecule is CO[C@@H]([C@H](C)OC)[C@H](CN=[N+]=[N-])OC. The molecule has 0 unspecified atom stereocenters.